The number of rotatable bonds is 33. The second-order valence-electron chi connectivity index (χ2n) is 31.2. The number of hydrogen-bond acceptors (Lipinski definition) is 21. The van der Waals surface area contributed by atoms with Crippen LogP contribution in [-0.2, 0) is 118 Å². The van der Waals surface area contributed by atoms with Crippen molar-refractivity contribution in [2.45, 2.75) is 237 Å². The minimum Gasteiger partial charge on any atom is -0.483 e. The summed E-state index contributed by atoms with van der Waals surface area (Å²) < 4.78 is 41.5. The van der Waals surface area contributed by atoms with E-state index in [9.17, 15) is 58.8 Å². The number of aromatic nitrogens is 6. The Balaban J connectivity index is 1.10. The van der Waals surface area contributed by atoms with Crippen molar-refractivity contribution in [1.82, 2.24) is 61.0 Å². The van der Waals surface area contributed by atoms with Gasteiger partial charge < -0.3 is 75.9 Å². The number of hydrogen-bond donors (Lipinski definition) is 9. The second kappa shape index (κ2) is 40.7. The first-order valence-electron chi connectivity index (χ1n) is 38.0. The summed E-state index contributed by atoms with van der Waals surface area (Å²) in [5.74, 6) is -1.00. The molecule has 6 aromatic rings. The number of carbonyl (C=O) groups is 6. The molecule has 3 aromatic carbocycles. The molecule has 606 valence electrons. The normalized spacial score (nSPS) is 12.8. The van der Waals surface area contributed by atoms with Crippen molar-refractivity contribution >= 4 is 35.4 Å². The van der Waals surface area contributed by atoms with Crippen LogP contribution in [0, 0.1) is 41.5 Å². The third-order valence-corrected chi connectivity index (χ3v) is 19.2. The standard InChI is InChI=1S/C81H114N12O18/c1-49-52(4)91(103)76(100)64(88-49)22-25-67(94)82-28-16-19-31-85-70(97)46-109-73-55-34-61(79(7,8)9)35-56(73)41-107-43-58-37-63(81(13,14)15)39-60(75(58)111-48-72(99)87-33-21-18-30-84-69(96)27-24-66-78(102)93(105)54(6)51(3)90-66)45-108-44-59-38-62(80(10,11)12)36-57(42-106-40-55)74(59)110-47-71(98)86-32-20-17-29-83-68(95)26-23-65-77(101)92(104)53(5)50(2)89-65/h34-39,103-105H,16-33,40-48H2,1-15H3,(H,82,94)(H,83,95)(H,84,96)(H,85,97)(H,86,98)(H,87,99). The van der Waals surface area contributed by atoms with Gasteiger partial charge in [-0.2, -0.15) is 0 Å². The number of ether oxygens (including phenoxy) is 6. The fraction of sp³-hybridized carbons (Fsp3) is 0.556. The predicted octanol–water partition coefficient (Wildman–Crippen LogP) is 7.35. The Labute approximate surface area is 648 Å². The Kier molecular flexibility index (Phi) is 32.2. The molecule has 0 aliphatic carbocycles. The molecular weight excluding hydrogens is 1430 g/mol. The van der Waals surface area contributed by atoms with Crippen LogP contribution in [0.2, 0.25) is 0 Å². The molecule has 30 heteroatoms. The number of aryl methyl sites for hydroxylation is 6. The van der Waals surface area contributed by atoms with E-state index >= 15 is 0 Å². The molecule has 4 heterocycles. The minimum absolute atomic E-state index is 0.00647. The van der Waals surface area contributed by atoms with Gasteiger partial charge in [0.05, 0.1) is 73.8 Å². The molecule has 0 unspecified atom stereocenters. The summed E-state index contributed by atoms with van der Waals surface area (Å²) in [5, 5.41) is 47.7. The molecule has 0 saturated carbocycles. The smallest absolute Gasteiger partial charge is 0.304 e. The Morgan fingerprint density at radius 3 is 0.757 bits per heavy atom. The number of benzene rings is 3. The molecule has 0 radical (unpaired) electrons. The highest BCUT2D eigenvalue weighted by Gasteiger charge is 2.28. The molecule has 0 fully saturated rings. The topological polar surface area (TPSA) is 395 Å². The summed E-state index contributed by atoms with van der Waals surface area (Å²) in [6.07, 6.45) is 3.28. The third kappa shape index (κ3) is 26.2. The van der Waals surface area contributed by atoms with Gasteiger partial charge in [0.1, 0.15) is 34.3 Å². The van der Waals surface area contributed by atoms with Crippen molar-refractivity contribution in [3.63, 3.8) is 0 Å². The van der Waals surface area contributed by atoms with Crippen molar-refractivity contribution < 1.29 is 72.8 Å². The van der Waals surface area contributed by atoms with Gasteiger partial charge in [-0.05, 0) is 149 Å². The number of fused-ring (bicyclic) bond motifs is 6. The van der Waals surface area contributed by atoms with E-state index in [-0.39, 0.29) is 152 Å². The highest BCUT2D eigenvalue weighted by molar-refractivity contribution is 5.79. The number of nitrogens with one attached hydrogen (secondary N) is 6. The van der Waals surface area contributed by atoms with E-state index in [0.29, 0.717) is 157 Å². The van der Waals surface area contributed by atoms with E-state index in [1.807, 2.05) is 36.4 Å². The van der Waals surface area contributed by atoms with Gasteiger partial charge in [-0.3, -0.25) is 58.1 Å². The zero-order chi connectivity index (χ0) is 81.5. The van der Waals surface area contributed by atoms with E-state index in [1.165, 1.54) is 0 Å². The maximum Gasteiger partial charge on any atom is 0.304 e. The van der Waals surface area contributed by atoms with Crippen LogP contribution in [0.5, 0.6) is 17.2 Å². The SMILES string of the molecule is Cc1nc(CCC(=O)NCCCCNC(=O)COc2c3cc(C(C)(C)C)cc2COCc2cc(C(C)(C)C)cc(c2OCC(=O)NCCCCNC(=O)CCc2nc(C)c(C)n(O)c2=O)COCc2cc(C(C)(C)C)cc(c2OCC(=O)NCCCCNC(=O)CCc2nc(C)c(C)n(O)c2=O)COC3)c(=O)n(O)c1C. The van der Waals surface area contributed by atoms with Crippen molar-refractivity contribution in [2.75, 3.05) is 59.1 Å². The Morgan fingerprint density at radius 1 is 0.360 bits per heavy atom. The molecule has 0 atom stereocenters. The van der Waals surface area contributed by atoms with Crippen LogP contribution < -0.4 is 62.8 Å². The Hall–Kier alpha value is -10.2. The maximum absolute atomic E-state index is 13.8. The highest BCUT2D eigenvalue weighted by atomic mass is 16.5. The van der Waals surface area contributed by atoms with Crippen LogP contribution in [0.25, 0.3) is 0 Å². The van der Waals surface area contributed by atoms with E-state index < -0.39 is 50.6 Å². The fourth-order valence-electron chi connectivity index (χ4n) is 12.0. The van der Waals surface area contributed by atoms with Crippen LogP contribution in [0.15, 0.2) is 50.8 Å². The minimum atomic E-state index is -0.668. The quantitative estimate of drug-likeness (QED) is 0.0144. The molecule has 0 saturated heterocycles. The van der Waals surface area contributed by atoms with Gasteiger partial charge in [0.2, 0.25) is 17.7 Å². The van der Waals surface area contributed by atoms with Crippen molar-refractivity contribution in [3.05, 3.63) is 169 Å². The molecular formula is C81H114N12O18. The van der Waals surface area contributed by atoms with Crippen LogP contribution in [-0.4, -0.2) is 139 Å². The first-order valence-corrected chi connectivity index (χ1v) is 38.0. The average Bonchev–Trinajstić information content (AvgIpc) is 0.781. The maximum atomic E-state index is 13.8. The summed E-state index contributed by atoms with van der Waals surface area (Å²) in [5.41, 5.74) is 5.90. The van der Waals surface area contributed by atoms with Gasteiger partial charge in [-0.15, -0.1) is 14.2 Å². The van der Waals surface area contributed by atoms with Crippen molar-refractivity contribution in [3.8, 4) is 17.2 Å². The monoisotopic (exact) mass is 1540 g/mol. The van der Waals surface area contributed by atoms with E-state index in [2.05, 4.69) is 109 Å². The van der Waals surface area contributed by atoms with E-state index in [0.717, 1.165) is 16.7 Å². The molecule has 9 N–H and O–H groups in total. The average molecular weight is 1540 g/mol. The van der Waals surface area contributed by atoms with E-state index in [1.54, 1.807) is 41.5 Å². The van der Waals surface area contributed by atoms with Gasteiger partial charge in [-0.1, -0.05) is 62.3 Å². The summed E-state index contributed by atoms with van der Waals surface area (Å²) in [4.78, 5) is 130. The lowest BCUT2D eigenvalue weighted by Gasteiger charge is -2.26. The lowest BCUT2D eigenvalue weighted by Crippen LogP contribution is -2.31. The van der Waals surface area contributed by atoms with Crippen LogP contribution in [0.3, 0.4) is 0 Å². The third-order valence-electron chi connectivity index (χ3n) is 19.2. The van der Waals surface area contributed by atoms with Gasteiger partial charge in [-0.25, -0.2) is 0 Å². The van der Waals surface area contributed by atoms with Crippen molar-refractivity contribution in [2.24, 2.45) is 0 Å². The van der Waals surface area contributed by atoms with Crippen LogP contribution >= 0.6 is 0 Å². The molecule has 1 aliphatic rings. The largest absolute Gasteiger partial charge is 0.483 e. The molecule has 1 aliphatic heterocycles. The first-order chi connectivity index (χ1) is 52.4. The first kappa shape index (κ1) is 88.0. The summed E-state index contributed by atoms with van der Waals surface area (Å²) in [7, 11) is 0. The Morgan fingerprint density at radius 2 is 0.559 bits per heavy atom. The summed E-state index contributed by atoms with van der Waals surface area (Å²) in [6, 6.07) is 12.0. The number of unbranched alkanes of at least 4 members (excludes halogenated alkanes) is 3. The zero-order valence-corrected chi connectivity index (χ0v) is 67.2. The van der Waals surface area contributed by atoms with Gasteiger partial charge in [0.15, 0.2) is 19.8 Å². The number of carbonyl (C=O) groups excluding carboxylic acids is 6. The summed E-state index contributed by atoms with van der Waals surface area (Å²) >= 11 is 0. The molecule has 7 rings (SSSR count). The van der Waals surface area contributed by atoms with Crippen LogP contribution in [0.4, 0.5) is 0 Å². The molecule has 3 aromatic heterocycles. The molecule has 111 heavy (non-hydrogen) atoms. The van der Waals surface area contributed by atoms with Crippen molar-refractivity contribution in [1.29, 1.82) is 0 Å². The zero-order valence-electron chi connectivity index (χ0n) is 67.2. The number of amides is 6. The lowest BCUT2D eigenvalue weighted by atomic mass is 9.84. The molecule has 6 amide bonds. The van der Waals surface area contributed by atoms with Crippen LogP contribution in [0.1, 0.15) is 221 Å². The fourth-order valence-corrected chi connectivity index (χ4v) is 12.0. The molecule has 0 spiro atoms. The lowest BCUT2D eigenvalue weighted by molar-refractivity contribution is -0.123. The summed E-state index contributed by atoms with van der Waals surface area (Å²) in [6.45, 7) is 29.0. The van der Waals surface area contributed by atoms with Gasteiger partial charge in [0.25, 0.3) is 17.7 Å². The Bertz CT molecular complexity index is 3970. The van der Waals surface area contributed by atoms with E-state index in [4.69, 9.17) is 28.4 Å². The predicted molar refractivity (Wildman–Crippen MR) is 414 cm³/mol. The van der Waals surface area contributed by atoms with Gasteiger partial charge in [0, 0.05) is 111 Å². The molecule has 6 bridgehead atoms. The molecule has 30 nitrogen and oxygen atoms in total. The number of nitrogens with zero attached hydrogens (tertiary/aromatic N) is 6. The van der Waals surface area contributed by atoms with Gasteiger partial charge >= 0.3 is 16.7 Å². The second-order valence-corrected chi connectivity index (χ2v) is 31.2. The highest BCUT2D eigenvalue weighted by Crippen LogP contribution is 2.39.